The molecule has 0 radical (unpaired) electrons. The zero-order valence-corrected chi connectivity index (χ0v) is 12.3. The summed E-state index contributed by atoms with van der Waals surface area (Å²) in [5.41, 5.74) is -0.529. The summed E-state index contributed by atoms with van der Waals surface area (Å²) in [6, 6.07) is 4.84. The molecule has 122 valence electrons. The van der Waals surface area contributed by atoms with Crippen molar-refractivity contribution < 1.29 is 22.7 Å². The normalized spacial score (nSPS) is 17.4. The van der Waals surface area contributed by atoms with E-state index in [4.69, 9.17) is 4.74 Å². The maximum absolute atomic E-state index is 13.0. The van der Waals surface area contributed by atoms with Gasteiger partial charge >= 0.3 is 6.18 Å². The van der Waals surface area contributed by atoms with Crippen LogP contribution in [0.5, 0.6) is 0 Å². The molecule has 0 bridgehead atoms. The number of morpholine rings is 1. The van der Waals surface area contributed by atoms with Crippen molar-refractivity contribution in [2.45, 2.75) is 19.1 Å². The molecule has 1 unspecified atom stereocenters. The highest BCUT2D eigenvalue weighted by molar-refractivity contribution is 5.78. The van der Waals surface area contributed by atoms with Crippen molar-refractivity contribution in [3.8, 4) is 0 Å². The van der Waals surface area contributed by atoms with E-state index in [1.807, 2.05) is 0 Å². The lowest BCUT2D eigenvalue weighted by atomic mass is 10.0. The highest BCUT2D eigenvalue weighted by atomic mass is 19.4. The van der Waals surface area contributed by atoms with Gasteiger partial charge in [0, 0.05) is 19.1 Å². The van der Waals surface area contributed by atoms with Gasteiger partial charge in [-0.05, 0) is 18.6 Å². The summed E-state index contributed by atoms with van der Waals surface area (Å²) in [4.78, 5) is 13.7. The molecule has 1 fully saturated rings. The fourth-order valence-electron chi connectivity index (χ4n) is 2.41. The third-order valence-electron chi connectivity index (χ3n) is 3.66. The van der Waals surface area contributed by atoms with Gasteiger partial charge < -0.3 is 15.0 Å². The van der Waals surface area contributed by atoms with Crippen molar-refractivity contribution in [2.24, 2.45) is 0 Å². The molecule has 2 rings (SSSR count). The van der Waals surface area contributed by atoms with Crippen molar-refractivity contribution >= 4 is 5.91 Å². The van der Waals surface area contributed by atoms with E-state index in [1.165, 1.54) is 12.1 Å². The van der Waals surface area contributed by atoms with E-state index in [0.717, 1.165) is 6.07 Å². The molecule has 1 saturated heterocycles. The van der Waals surface area contributed by atoms with E-state index in [2.05, 4.69) is 5.32 Å². The van der Waals surface area contributed by atoms with Crippen LogP contribution in [0.1, 0.15) is 24.1 Å². The van der Waals surface area contributed by atoms with E-state index in [1.54, 1.807) is 17.9 Å². The summed E-state index contributed by atoms with van der Waals surface area (Å²) in [6.07, 6.45) is -4.40. The predicted octanol–water partition coefficient (Wildman–Crippen LogP) is 2.21. The lowest BCUT2D eigenvalue weighted by molar-refractivity contribution is -0.138. The van der Waals surface area contributed by atoms with Gasteiger partial charge in [-0.2, -0.15) is 13.2 Å². The van der Waals surface area contributed by atoms with Crippen LogP contribution in [0, 0.1) is 0 Å². The van der Waals surface area contributed by atoms with Crippen LogP contribution < -0.4 is 5.32 Å². The molecule has 0 spiro atoms. The number of nitrogens with one attached hydrogen (secondary N) is 1. The van der Waals surface area contributed by atoms with Gasteiger partial charge in [0.05, 0.1) is 25.3 Å². The van der Waals surface area contributed by atoms with E-state index < -0.39 is 17.8 Å². The first-order valence-electron chi connectivity index (χ1n) is 7.14. The second-order valence-electron chi connectivity index (χ2n) is 5.18. The van der Waals surface area contributed by atoms with Gasteiger partial charge in [-0.15, -0.1) is 0 Å². The third-order valence-corrected chi connectivity index (χ3v) is 3.66. The Kier molecular flexibility index (Phi) is 5.42. The fraction of sp³-hybridized carbons (Fsp3) is 0.533. The molecule has 7 heteroatoms. The fourth-order valence-corrected chi connectivity index (χ4v) is 2.41. The average molecular weight is 316 g/mol. The second kappa shape index (κ2) is 7.11. The Morgan fingerprint density at radius 1 is 1.32 bits per heavy atom. The molecule has 1 N–H and O–H groups in total. The maximum atomic E-state index is 13.0. The molecular formula is C15H19F3N2O2. The molecule has 1 heterocycles. The van der Waals surface area contributed by atoms with Crippen molar-refractivity contribution in [2.75, 3.05) is 32.8 Å². The van der Waals surface area contributed by atoms with Gasteiger partial charge in [-0.3, -0.25) is 4.79 Å². The highest BCUT2D eigenvalue weighted by Gasteiger charge is 2.34. The number of halogens is 3. The Morgan fingerprint density at radius 2 is 1.95 bits per heavy atom. The van der Waals surface area contributed by atoms with Gasteiger partial charge in [0.15, 0.2) is 0 Å². The van der Waals surface area contributed by atoms with Gasteiger partial charge in [-0.1, -0.05) is 18.2 Å². The van der Waals surface area contributed by atoms with Gasteiger partial charge in [-0.25, -0.2) is 0 Å². The molecule has 1 aliphatic rings. The first kappa shape index (κ1) is 16.8. The minimum Gasteiger partial charge on any atom is -0.378 e. The lowest BCUT2D eigenvalue weighted by Gasteiger charge is -2.28. The number of amides is 1. The van der Waals surface area contributed by atoms with E-state index in [-0.39, 0.29) is 18.0 Å². The largest absolute Gasteiger partial charge is 0.416 e. The first-order chi connectivity index (χ1) is 10.4. The molecule has 0 aromatic heterocycles. The number of hydrogen-bond donors (Lipinski definition) is 1. The van der Waals surface area contributed by atoms with Crippen LogP contribution in [0.25, 0.3) is 0 Å². The van der Waals surface area contributed by atoms with Crippen LogP contribution in [0.15, 0.2) is 24.3 Å². The number of rotatable bonds is 4. The standard InChI is InChI=1S/C15H19F3N2O2/c1-11(12-4-2-3-5-13(12)15(16,17)18)19-10-14(21)20-6-8-22-9-7-20/h2-5,11,19H,6-10H2,1H3. The molecule has 1 aromatic rings. The van der Waals surface area contributed by atoms with E-state index in [0.29, 0.717) is 26.3 Å². The Hall–Kier alpha value is -1.60. The van der Waals surface area contributed by atoms with Crippen molar-refractivity contribution in [1.82, 2.24) is 10.2 Å². The zero-order valence-electron chi connectivity index (χ0n) is 12.3. The Balaban J connectivity index is 1.98. The van der Waals surface area contributed by atoms with Crippen molar-refractivity contribution in [3.63, 3.8) is 0 Å². The van der Waals surface area contributed by atoms with Crippen LogP contribution in [-0.2, 0) is 15.7 Å². The van der Waals surface area contributed by atoms with Gasteiger partial charge in [0.2, 0.25) is 5.91 Å². The topological polar surface area (TPSA) is 41.6 Å². The molecule has 4 nitrogen and oxygen atoms in total. The summed E-state index contributed by atoms with van der Waals surface area (Å²) < 4.78 is 44.1. The highest BCUT2D eigenvalue weighted by Crippen LogP contribution is 2.34. The van der Waals surface area contributed by atoms with E-state index in [9.17, 15) is 18.0 Å². The number of benzene rings is 1. The summed E-state index contributed by atoms with van der Waals surface area (Å²) in [6.45, 7) is 3.67. The van der Waals surface area contributed by atoms with E-state index >= 15 is 0 Å². The molecule has 0 saturated carbocycles. The summed E-state index contributed by atoms with van der Waals surface area (Å²) in [7, 11) is 0. The van der Waals surface area contributed by atoms with Crippen LogP contribution in [0.3, 0.4) is 0 Å². The third kappa shape index (κ3) is 4.20. The average Bonchev–Trinajstić information content (AvgIpc) is 2.52. The molecule has 1 amide bonds. The van der Waals surface area contributed by atoms with Gasteiger partial charge in [0.1, 0.15) is 0 Å². The van der Waals surface area contributed by atoms with Crippen LogP contribution in [-0.4, -0.2) is 43.7 Å². The van der Waals surface area contributed by atoms with Crippen LogP contribution in [0.4, 0.5) is 13.2 Å². The minimum atomic E-state index is -4.40. The molecule has 0 aliphatic carbocycles. The number of nitrogens with zero attached hydrogens (tertiary/aromatic N) is 1. The molecule has 22 heavy (non-hydrogen) atoms. The minimum absolute atomic E-state index is 0.00730. The Labute approximate surface area is 127 Å². The number of carbonyl (C=O) groups excluding carboxylic acids is 1. The number of ether oxygens (including phenoxy) is 1. The maximum Gasteiger partial charge on any atom is 0.416 e. The summed E-state index contributed by atoms with van der Waals surface area (Å²) in [5.74, 6) is -0.125. The molecular weight excluding hydrogens is 297 g/mol. The first-order valence-corrected chi connectivity index (χ1v) is 7.14. The lowest BCUT2D eigenvalue weighted by Crippen LogP contribution is -2.45. The smallest absolute Gasteiger partial charge is 0.378 e. The summed E-state index contributed by atoms with van der Waals surface area (Å²) >= 11 is 0. The number of hydrogen-bond acceptors (Lipinski definition) is 3. The predicted molar refractivity (Wildman–Crippen MR) is 75.3 cm³/mol. The van der Waals surface area contributed by atoms with Gasteiger partial charge in [0.25, 0.3) is 0 Å². The monoisotopic (exact) mass is 316 g/mol. The van der Waals surface area contributed by atoms with Crippen LogP contribution in [0.2, 0.25) is 0 Å². The molecule has 1 atom stereocenters. The number of carbonyl (C=O) groups is 1. The zero-order chi connectivity index (χ0) is 16.2. The molecule has 1 aromatic carbocycles. The SMILES string of the molecule is CC(NCC(=O)N1CCOCC1)c1ccccc1C(F)(F)F. The van der Waals surface area contributed by atoms with Crippen LogP contribution >= 0.6 is 0 Å². The summed E-state index contributed by atoms with van der Waals surface area (Å²) in [5, 5.41) is 2.88. The molecule has 1 aliphatic heterocycles. The van der Waals surface area contributed by atoms with Crippen molar-refractivity contribution in [3.05, 3.63) is 35.4 Å². The quantitative estimate of drug-likeness (QED) is 0.926. The second-order valence-corrected chi connectivity index (χ2v) is 5.18. The van der Waals surface area contributed by atoms with Crippen molar-refractivity contribution in [1.29, 1.82) is 0 Å². The number of alkyl halides is 3. The Bertz CT molecular complexity index is 514. The Morgan fingerprint density at radius 3 is 2.59 bits per heavy atom.